The fourth-order valence-corrected chi connectivity index (χ4v) is 6.60. The highest BCUT2D eigenvalue weighted by molar-refractivity contribution is 6.16. The normalized spacial score (nSPS) is 11.9. The molecule has 0 fully saturated rings. The van der Waals surface area contributed by atoms with Crippen molar-refractivity contribution in [2.75, 3.05) is 0 Å². The minimum Gasteiger partial charge on any atom is -0.456 e. The van der Waals surface area contributed by atoms with Crippen LogP contribution in [-0.4, -0.2) is 9.13 Å². The lowest BCUT2D eigenvalue weighted by molar-refractivity contribution is 0.669. The van der Waals surface area contributed by atoms with Crippen LogP contribution in [0.4, 0.5) is 5.69 Å². The van der Waals surface area contributed by atoms with Gasteiger partial charge < -0.3 is 13.6 Å². The van der Waals surface area contributed by atoms with Gasteiger partial charge in [-0.3, -0.25) is 0 Å². The molecule has 4 heteroatoms. The van der Waals surface area contributed by atoms with Gasteiger partial charge in [-0.25, -0.2) is 4.85 Å². The molecule has 190 valence electrons. The Balaban J connectivity index is 1.34. The lowest BCUT2D eigenvalue weighted by atomic mass is 10.1. The number of nitrogens with zero attached hydrogens (tertiary/aromatic N) is 3. The maximum Gasteiger partial charge on any atom is 0.197 e. The summed E-state index contributed by atoms with van der Waals surface area (Å²) in [5.74, 6) is 0. The van der Waals surface area contributed by atoms with Crippen molar-refractivity contribution >= 4 is 71.2 Å². The number of benzene rings is 6. The van der Waals surface area contributed by atoms with Crippen molar-refractivity contribution in [2.24, 2.45) is 0 Å². The van der Waals surface area contributed by atoms with Crippen LogP contribution in [0.25, 0.3) is 81.8 Å². The third kappa shape index (κ3) is 2.98. The summed E-state index contributed by atoms with van der Waals surface area (Å²) in [6.45, 7) is 7.79. The Morgan fingerprint density at radius 1 is 0.463 bits per heavy atom. The molecule has 3 aromatic heterocycles. The predicted octanol–water partition coefficient (Wildman–Crippen LogP) is 10.3. The van der Waals surface area contributed by atoms with E-state index in [9.17, 15) is 0 Å². The Hall–Kier alpha value is -5.79. The lowest BCUT2D eigenvalue weighted by Crippen LogP contribution is -1.95. The summed E-state index contributed by atoms with van der Waals surface area (Å²) in [5, 5.41) is 6.71. The van der Waals surface area contributed by atoms with Gasteiger partial charge in [-0.15, -0.1) is 0 Å². The molecule has 0 bridgehead atoms. The van der Waals surface area contributed by atoms with Crippen LogP contribution in [0.5, 0.6) is 0 Å². The lowest BCUT2D eigenvalue weighted by Gasteiger charge is -2.10. The first-order valence-electron chi connectivity index (χ1n) is 13.6. The van der Waals surface area contributed by atoms with Crippen LogP contribution in [0, 0.1) is 6.57 Å². The van der Waals surface area contributed by atoms with E-state index in [1.807, 2.05) is 30.3 Å². The standard InChI is InChI=1S/C37H21N3O/c1-38-30-12-8-15-34-37(30)27-11-3-6-14-32(27)40(34)23-17-19-33-28(21-23)25-9-2-5-13-31(25)39(33)24-18-20-36-29(22-24)26-10-4-7-16-35(26)41-36/h2-22H. The smallest absolute Gasteiger partial charge is 0.197 e. The number of furan rings is 1. The molecule has 3 heterocycles. The molecule has 0 saturated carbocycles. The van der Waals surface area contributed by atoms with E-state index < -0.39 is 0 Å². The van der Waals surface area contributed by atoms with Crippen LogP contribution in [0.15, 0.2) is 132 Å². The summed E-state index contributed by atoms with van der Waals surface area (Å²) in [6, 6.07) is 44.3. The van der Waals surface area contributed by atoms with E-state index in [1.165, 1.54) is 10.8 Å². The topological polar surface area (TPSA) is 27.4 Å². The molecule has 9 aromatic rings. The molecule has 4 nitrogen and oxygen atoms in total. The quantitative estimate of drug-likeness (QED) is 0.207. The summed E-state index contributed by atoms with van der Waals surface area (Å²) < 4.78 is 10.7. The van der Waals surface area contributed by atoms with Crippen LogP contribution in [0.3, 0.4) is 0 Å². The van der Waals surface area contributed by atoms with Gasteiger partial charge in [-0.2, -0.15) is 0 Å². The van der Waals surface area contributed by atoms with Gasteiger partial charge in [0, 0.05) is 43.8 Å². The Bertz CT molecular complexity index is 2550. The van der Waals surface area contributed by atoms with Crippen molar-refractivity contribution in [3.05, 3.63) is 139 Å². The van der Waals surface area contributed by atoms with Crippen LogP contribution < -0.4 is 0 Å². The van der Waals surface area contributed by atoms with E-state index in [-0.39, 0.29) is 0 Å². The van der Waals surface area contributed by atoms with Gasteiger partial charge in [-0.05, 0) is 66.0 Å². The molecular formula is C37H21N3O. The van der Waals surface area contributed by atoms with E-state index in [0.29, 0.717) is 5.69 Å². The molecule has 0 aliphatic heterocycles. The molecule has 41 heavy (non-hydrogen) atoms. The van der Waals surface area contributed by atoms with Crippen molar-refractivity contribution < 1.29 is 4.42 Å². The van der Waals surface area contributed by atoms with Gasteiger partial charge in [0.1, 0.15) is 11.2 Å². The SMILES string of the molecule is [C-]#[N+]c1cccc2c1c1ccccc1n2-c1ccc2c(c1)c1ccccc1n2-c1ccc2oc3ccccc3c2c1. The third-order valence-electron chi connectivity index (χ3n) is 8.33. The molecule has 6 aromatic carbocycles. The third-order valence-corrected chi connectivity index (χ3v) is 8.33. The summed E-state index contributed by atoms with van der Waals surface area (Å²) >= 11 is 0. The van der Waals surface area contributed by atoms with Gasteiger partial charge in [-0.1, -0.05) is 66.7 Å². The van der Waals surface area contributed by atoms with E-state index >= 15 is 0 Å². The molecule has 0 aliphatic carbocycles. The molecule has 0 amide bonds. The number of rotatable bonds is 2. The van der Waals surface area contributed by atoms with E-state index in [0.717, 1.165) is 66.2 Å². The van der Waals surface area contributed by atoms with E-state index in [4.69, 9.17) is 11.0 Å². The van der Waals surface area contributed by atoms with Crippen molar-refractivity contribution in [1.29, 1.82) is 0 Å². The first-order valence-corrected chi connectivity index (χ1v) is 13.6. The Kier molecular flexibility index (Phi) is 4.37. The Morgan fingerprint density at radius 3 is 1.88 bits per heavy atom. The minimum atomic E-state index is 0.678. The average Bonchev–Trinajstić information content (AvgIpc) is 3.68. The van der Waals surface area contributed by atoms with Crippen LogP contribution >= 0.6 is 0 Å². The maximum absolute atomic E-state index is 7.79. The molecule has 9 rings (SSSR count). The average molecular weight is 524 g/mol. The highest BCUT2D eigenvalue weighted by atomic mass is 16.3. The fourth-order valence-electron chi connectivity index (χ4n) is 6.60. The summed E-state index contributed by atoms with van der Waals surface area (Å²) in [6.07, 6.45) is 0. The summed E-state index contributed by atoms with van der Waals surface area (Å²) in [5.41, 5.74) is 9.08. The van der Waals surface area contributed by atoms with E-state index in [1.54, 1.807) is 0 Å². The zero-order valence-corrected chi connectivity index (χ0v) is 21.9. The molecule has 0 atom stereocenters. The summed E-state index contributed by atoms with van der Waals surface area (Å²) in [7, 11) is 0. The number of fused-ring (bicyclic) bond motifs is 9. The van der Waals surface area contributed by atoms with Gasteiger partial charge in [0.25, 0.3) is 0 Å². The fraction of sp³-hybridized carbons (Fsp3) is 0. The number of hydrogen-bond donors (Lipinski definition) is 0. The molecule has 0 unspecified atom stereocenters. The van der Waals surface area contributed by atoms with Crippen molar-refractivity contribution in [1.82, 2.24) is 9.13 Å². The van der Waals surface area contributed by atoms with Gasteiger partial charge in [0.05, 0.1) is 23.1 Å². The first kappa shape index (κ1) is 22.1. The largest absolute Gasteiger partial charge is 0.456 e. The minimum absolute atomic E-state index is 0.678. The van der Waals surface area contributed by atoms with Crippen molar-refractivity contribution in [3.63, 3.8) is 0 Å². The molecule has 0 N–H and O–H groups in total. The number of para-hydroxylation sites is 3. The predicted molar refractivity (Wildman–Crippen MR) is 169 cm³/mol. The van der Waals surface area contributed by atoms with Gasteiger partial charge in [0.15, 0.2) is 5.69 Å². The van der Waals surface area contributed by atoms with Crippen LogP contribution in [0.1, 0.15) is 0 Å². The van der Waals surface area contributed by atoms with Crippen molar-refractivity contribution in [3.8, 4) is 11.4 Å². The number of hydrogen-bond acceptors (Lipinski definition) is 1. The second-order valence-electron chi connectivity index (χ2n) is 10.5. The second-order valence-corrected chi connectivity index (χ2v) is 10.5. The maximum atomic E-state index is 7.79. The van der Waals surface area contributed by atoms with Crippen molar-refractivity contribution in [2.45, 2.75) is 0 Å². The Morgan fingerprint density at radius 2 is 1.05 bits per heavy atom. The van der Waals surface area contributed by atoms with Gasteiger partial charge >= 0.3 is 0 Å². The van der Waals surface area contributed by atoms with Gasteiger partial charge in [0.2, 0.25) is 0 Å². The highest BCUT2D eigenvalue weighted by Crippen LogP contribution is 2.40. The zero-order valence-electron chi connectivity index (χ0n) is 21.9. The summed E-state index contributed by atoms with van der Waals surface area (Å²) in [4.78, 5) is 3.85. The number of aromatic nitrogens is 2. The molecule has 0 spiro atoms. The molecule has 0 aliphatic rings. The monoisotopic (exact) mass is 523 g/mol. The second kappa shape index (κ2) is 8.11. The molecule has 0 saturated heterocycles. The Labute approximate surface area is 234 Å². The van der Waals surface area contributed by atoms with E-state index in [2.05, 4.69) is 111 Å². The highest BCUT2D eigenvalue weighted by Gasteiger charge is 2.18. The van der Waals surface area contributed by atoms with Crippen LogP contribution in [0.2, 0.25) is 0 Å². The zero-order chi connectivity index (χ0) is 27.1. The van der Waals surface area contributed by atoms with Crippen LogP contribution in [-0.2, 0) is 0 Å². The first-order chi connectivity index (χ1) is 20.3. The molecule has 0 radical (unpaired) electrons. The molecular weight excluding hydrogens is 502 g/mol.